The lowest BCUT2D eigenvalue weighted by Gasteiger charge is -2.00. The Kier molecular flexibility index (Phi) is 4.66. The van der Waals surface area contributed by atoms with Crippen molar-refractivity contribution in [2.45, 2.75) is 19.5 Å². The van der Waals surface area contributed by atoms with Crippen LogP contribution in [0.5, 0.6) is 0 Å². The minimum atomic E-state index is 0.124. The molecule has 0 spiro atoms. The second-order valence-corrected chi connectivity index (χ2v) is 4.67. The van der Waals surface area contributed by atoms with Crippen molar-refractivity contribution in [3.05, 3.63) is 34.5 Å². The third-order valence-electron chi connectivity index (χ3n) is 2.34. The fourth-order valence-electron chi connectivity index (χ4n) is 1.53. The average Bonchev–Trinajstić information content (AvgIpc) is 2.96. The van der Waals surface area contributed by atoms with Gasteiger partial charge in [-0.05, 0) is 0 Å². The van der Waals surface area contributed by atoms with E-state index in [1.165, 1.54) is 0 Å². The number of nitrogens with one attached hydrogen (secondary N) is 1. The maximum Gasteiger partial charge on any atom is 0.0937 e. The van der Waals surface area contributed by atoms with Crippen LogP contribution in [0, 0.1) is 0 Å². The average molecular weight is 252 g/mol. The van der Waals surface area contributed by atoms with E-state index in [0.717, 1.165) is 30.1 Å². The summed E-state index contributed by atoms with van der Waals surface area (Å²) in [6, 6.07) is 0. The highest BCUT2D eigenvalue weighted by Gasteiger charge is 1.99. The highest BCUT2D eigenvalue weighted by molar-refractivity contribution is 7.09. The van der Waals surface area contributed by atoms with E-state index in [0.29, 0.717) is 6.54 Å². The van der Waals surface area contributed by atoms with Crippen molar-refractivity contribution < 1.29 is 5.11 Å². The fraction of sp³-hybridized carbons (Fsp3) is 0.455. The van der Waals surface area contributed by atoms with Crippen LogP contribution in [0.4, 0.5) is 0 Å². The van der Waals surface area contributed by atoms with E-state index in [1.807, 2.05) is 24.0 Å². The van der Waals surface area contributed by atoms with Crippen LogP contribution >= 0.6 is 11.3 Å². The van der Waals surface area contributed by atoms with Gasteiger partial charge in [-0.3, -0.25) is 4.68 Å². The topological polar surface area (TPSA) is 63.0 Å². The van der Waals surface area contributed by atoms with Crippen LogP contribution in [0.25, 0.3) is 0 Å². The van der Waals surface area contributed by atoms with Gasteiger partial charge in [-0.1, -0.05) is 0 Å². The second kappa shape index (κ2) is 6.48. The zero-order valence-electron chi connectivity index (χ0n) is 9.54. The molecule has 0 aliphatic rings. The summed E-state index contributed by atoms with van der Waals surface area (Å²) in [4.78, 5) is 4.22. The lowest BCUT2D eigenvalue weighted by atomic mass is 10.3. The predicted octanol–water partition coefficient (Wildman–Crippen LogP) is 0.664. The van der Waals surface area contributed by atoms with E-state index < -0.39 is 0 Å². The molecule has 0 aromatic carbocycles. The number of thiazole rings is 1. The first-order valence-electron chi connectivity index (χ1n) is 5.60. The molecule has 0 fully saturated rings. The molecule has 0 atom stereocenters. The number of rotatable bonds is 7. The van der Waals surface area contributed by atoms with E-state index in [2.05, 4.69) is 15.4 Å². The van der Waals surface area contributed by atoms with Gasteiger partial charge in [0, 0.05) is 42.8 Å². The normalized spacial score (nSPS) is 10.9. The van der Waals surface area contributed by atoms with Crippen molar-refractivity contribution in [1.82, 2.24) is 20.1 Å². The number of hydrogen-bond donors (Lipinski definition) is 2. The van der Waals surface area contributed by atoms with Gasteiger partial charge in [-0.2, -0.15) is 5.10 Å². The minimum Gasteiger partial charge on any atom is -0.394 e. The van der Waals surface area contributed by atoms with E-state index in [4.69, 9.17) is 5.11 Å². The Morgan fingerprint density at radius 1 is 1.47 bits per heavy atom. The standard InChI is InChI=1S/C11H16N4OS/c16-5-4-15-9-10(8-14-15)7-12-2-1-11-13-3-6-17-11/h3,6,8-9,12,16H,1-2,4-5,7H2. The summed E-state index contributed by atoms with van der Waals surface area (Å²) >= 11 is 1.68. The van der Waals surface area contributed by atoms with Gasteiger partial charge in [0.15, 0.2) is 0 Å². The molecule has 6 heteroatoms. The van der Waals surface area contributed by atoms with Gasteiger partial charge in [-0.25, -0.2) is 4.98 Å². The van der Waals surface area contributed by atoms with Crippen LogP contribution in [0.3, 0.4) is 0 Å². The van der Waals surface area contributed by atoms with Crippen molar-refractivity contribution in [2.75, 3.05) is 13.2 Å². The first-order chi connectivity index (χ1) is 8.38. The van der Waals surface area contributed by atoms with E-state index in [9.17, 15) is 0 Å². The molecule has 0 amide bonds. The Morgan fingerprint density at radius 2 is 2.41 bits per heavy atom. The summed E-state index contributed by atoms with van der Waals surface area (Å²) in [5, 5.41) is 19.4. The zero-order valence-corrected chi connectivity index (χ0v) is 10.4. The highest BCUT2D eigenvalue weighted by atomic mass is 32.1. The molecule has 17 heavy (non-hydrogen) atoms. The van der Waals surface area contributed by atoms with Crippen molar-refractivity contribution in [2.24, 2.45) is 0 Å². The Bertz CT molecular complexity index is 426. The Hall–Kier alpha value is -1.24. The third kappa shape index (κ3) is 3.92. The number of aliphatic hydroxyl groups is 1. The van der Waals surface area contributed by atoms with Crippen molar-refractivity contribution >= 4 is 11.3 Å². The lowest BCUT2D eigenvalue weighted by molar-refractivity contribution is 0.269. The predicted molar refractivity (Wildman–Crippen MR) is 66.8 cm³/mol. The van der Waals surface area contributed by atoms with Crippen LogP contribution in [0.2, 0.25) is 0 Å². The monoisotopic (exact) mass is 252 g/mol. The molecule has 5 nitrogen and oxygen atoms in total. The number of hydrogen-bond acceptors (Lipinski definition) is 5. The molecule has 2 aromatic rings. The molecule has 2 aromatic heterocycles. The summed E-state index contributed by atoms with van der Waals surface area (Å²) in [6.07, 6.45) is 6.57. The van der Waals surface area contributed by atoms with Crippen LogP contribution in [-0.4, -0.2) is 33.0 Å². The summed E-state index contributed by atoms with van der Waals surface area (Å²) in [5.74, 6) is 0. The summed E-state index contributed by atoms with van der Waals surface area (Å²) in [7, 11) is 0. The van der Waals surface area contributed by atoms with Crippen LogP contribution in [0.1, 0.15) is 10.6 Å². The summed E-state index contributed by atoms with van der Waals surface area (Å²) < 4.78 is 1.75. The van der Waals surface area contributed by atoms with Crippen LogP contribution < -0.4 is 5.32 Å². The van der Waals surface area contributed by atoms with Gasteiger partial charge in [0.25, 0.3) is 0 Å². The molecule has 0 aliphatic heterocycles. The molecule has 2 N–H and O–H groups in total. The summed E-state index contributed by atoms with van der Waals surface area (Å²) in [6.45, 7) is 2.40. The molecular formula is C11H16N4OS. The minimum absolute atomic E-state index is 0.124. The fourth-order valence-corrected chi connectivity index (χ4v) is 2.15. The zero-order chi connectivity index (χ0) is 11.9. The lowest BCUT2D eigenvalue weighted by Crippen LogP contribution is -2.16. The van der Waals surface area contributed by atoms with E-state index in [-0.39, 0.29) is 6.61 Å². The van der Waals surface area contributed by atoms with Gasteiger partial charge in [0.05, 0.1) is 24.4 Å². The number of aromatic nitrogens is 3. The van der Waals surface area contributed by atoms with Gasteiger partial charge in [0.2, 0.25) is 0 Å². The first kappa shape index (κ1) is 12.2. The molecule has 0 bridgehead atoms. The Balaban J connectivity index is 1.67. The molecule has 0 aliphatic carbocycles. The molecule has 2 rings (SSSR count). The largest absolute Gasteiger partial charge is 0.394 e. The molecule has 0 unspecified atom stereocenters. The number of nitrogens with zero attached hydrogens (tertiary/aromatic N) is 3. The molecular weight excluding hydrogens is 236 g/mol. The van der Waals surface area contributed by atoms with Crippen LogP contribution in [0.15, 0.2) is 24.0 Å². The first-order valence-corrected chi connectivity index (χ1v) is 6.48. The maximum absolute atomic E-state index is 8.77. The summed E-state index contributed by atoms with van der Waals surface area (Å²) in [5.41, 5.74) is 1.14. The van der Waals surface area contributed by atoms with Gasteiger partial charge in [0.1, 0.15) is 0 Å². The van der Waals surface area contributed by atoms with Gasteiger partial charge in [-0.15, -0.1) is 11.3 Å². The molecule has 92 valence electrons. The third-order valence-corrected chi connectivity index (χ3v) is 3.18. The van der Waals surface area contributed by atoms with Gasteiger partial charge < -0.3 is 10.4 Å². The second-order valence-electron chi connectivity index (χ2n) is 3.69. The van der Waals surface area contributed by atoms with Crippen molar-refractivity contribution in [3.8, 4) is 0 Å². The maximum atomic E-state index is 8.77. The van der Waals surface area contributed by atoms with Crippen molar-refractivity contribution in [1.29, 1.82) is 0 Å². The SMILES string of the molecule is OCCn1cc(CNCCc2nccs2)cn1. The Labute approximate surface area is 104 Å². The molecule has 0 radical (unpaired) electrons. The van der Waals surface area contributed by atoms with Crippen molar-refractivity contribution in [3.63, 3.8) is 0 Å². The van der Waals surface area contributed by atoms with Crippen LogP contribution in [-0.2, 0) is 19.5 Å². The van der Waals surface area contributed by atoms with E-state index >= 15 is 0 Å². The molecule has 0 saturated carbocycles. The smallest absolute Gasteiger partial charge is 0.0937 e. The quantitative estimate of drug-likeness (QED) is 0.711. The number of aliphatic hydroxyl groups excluding tert-OH is 1. The molecule has 2 heterocycles. The molecule has 0 saturated heterocycles. The Morgan fingerprint density at radius 3 is 3.18 bits per heavy atom. The van der Waals surface area contributed by atoms with Gasteiger partial charge >= 0.3 is 0 Å². The highest BCUT2D eigenvalue weighted by Crippen LogP contribution is 2.03. The van der Waals surface area contributed by atoms with E-state index in [1.54, 1.807) is 16.0 Å².